The molecule has 132 valence electrons. The molecule has 2 aromatic carbocycles. The van der Waals surface area contributed by atoms with E-state index in [0.717, 1.165) is 16.7 Å². The number of piperidine rings is 1. The number of rotatable bonds is 4. The molecule has 1 amide bonds. The number of nitrogens with zero attached hydrogens (tertiary/aromatic N) is 1. The first-order valence-corrected chi connectivity index (χ1v) is 10.5. The number of amides is 1. The smallest absolute Gasteiger partial charge is 0.226 e. The average Bonchev–Trinajstić information content (AvgIpc) is 2.62. The summed E-state index contributed by atoms with van der Waals surface area (Å²) in [6.07, 6.45) is 2.72. The molecule has 0 aliphatic carbocycles. The van der Waals surface area contributed by atoms with Crippen molar-refractivity contribution >= 4 is 15.7 Å². The predicted octanol–water partition coefficient (Wildman–Crippen LogP) is 2.93. The molecule has 0 aromatic heterocycles. The summed E-state index contributed by atoms with van der Waals surface area (Å²) in [7, 11) is -3.00. The van der Waals surface area contributed by atoms with E-state index in [9.17, 15) is 13.2 Å². The minimum absolute atomic E-state index is 0.0689. The van der Waals surface area contributed by atoms with Crippen molar-refractivity contribution in [2.45, 2.75) is 24.5 Å². The fourth-order valence-electron chi connectivity index (χ4n) is 3.27. The Balaban J connectivity index is 1.59. The van der Waals surface area contributed by atoms with Crippen LogP contribution in [-0.2, 0) is 21.1 Å². The van der Waals surface area contributed by atoms with E-state index in [-0.39, 0.29) is 11.2 Å². The first-order valence-electron chi connectivity index (χ1n) is 8.54. The number of carbonyl (C=O) groups is 1. The molecule has 0 N–H and O–H groups in total. The van der Waals surface area contributed by atoms with Gasteiger partial charge in [-0.15, -0.1) is 0 Å². The quantitative estimate of drug-likeness (QED) is 0.845. The fraction of sp³-hybridized carbons (Fsp3) is 0.350. The van der Waals surface area contributed by atoms with Gasteiger partial charge in [0, 0.05) is 19.3 Å². The SMILES string of the molecule is CS(=O)(=O)C1CCN(C(=O)Cc2ccc(-c3ccccc3)cc2)CC1. The minimum atomic E-state index is -3.00. The van der Waals surface area contributed by atoms with E-state index in [1.165, 1.54) is 6.26 Å². The van der Waals surface area contributed by atoms with Gasteiger partial charge < -0.3 is 4.90 Å². The fourth-order valence-corrected chi connectivity index (χ4v) is 4.33. The van der Waals surface area contributed by atoms with Gasteiger partial charge in [-0.1, -0.05) is 54.6 Å². The van der Waals surface area contributed by atoms with Crippen LogP contribution in [-0.4, -0.2) is 43.8 Å². The van der Waals surface area contributed by atoms with Gasteiger partial charge in [0.1, 0.15) is 9.84 Å². The van der Waals surface area contributed by atoms with E-state index < -0.39 is 9.84 Å². The van der Waals surface area contributed by atoms with Crippen molar-refractivity contribution in [2.75, 3.05) is 19.3 Å². The molecule has 2 aromatic rings. The molecule has 0 bridgehead atoms. The van der Waals surface area contributed by atoms with Gasteiger partial charge in [0.25, 0.3) is 0 Å². The van der Waals surface area contributed by atoms with E-state index >= 15 is 0 Å². The molecule has 1 saturated heterocycles. The van der Waals surface area contributed by atoms with E-state index in [1.807, 2.05) is 42.5 Å². The second-order valence-electron chi connectivity index (χ2n) is 6.65. The Hall–Kier alpha value is -2.14. The number of hydrogen-bond donors (Lipinski definition) is 0. The lowest BCUT2D eigenvalue weighted by Crippen LogP contribution is -2.42. The zero-order chi connectivity index (χ0) is 17.9. The van der Waals surface area contributed by atoms with E-state index in [2.05, 4.69) is 12.1 Å². The highest BCUT2D eigenvalue weighted by Gasteiger charge is 2.28. The lowest BCUT2D eigenvalue weighted by atomic mass is 10.0. The summed E-state index contributed by atoms with van der Waals surface area (Å²) >= 11 is 0. The Bertz CT molecular complexity index is 821. The Morgan fingerprint density at radius 1 is 0.960 bits per heavy atom. The van der Waals surface area contributed by atoms with Crippen LogP contribution in [0.5, 0.6) is 0 Å². The van der Waals surface area contributed by atoms with Crippen LogP contribution in [0.2, 0.25) is 0 Å². The average molecular weight is 357 g/mol. The summed E-state index contributed by atoms with van der Waals surface area (Å²) in [4.78, 5) is 14.2. The summed E-state index contributed by atoms with van der Waals surface area (Å²) < 4.78 is 23.2. The second kappa shape index (κ2) is 7.40. The molecule has 4 nitrogen and oxygen atoms in total. The molecule has 1 heterocycles. The van der Waals surface area contributed by atoms with Gasteiger partial charge in [-0.2, -0.15) is 0 Å². The highest BCUT2D eigenvalue weighted by atomic mass is 32.2. The maximum absolute atomic E-state index is 12.5. The predicted molar refractivity (Wildman–Crippen MR) is 100 cm³/mol. The van der Waals surface area contributed by atoms with Gasteiger partial charge in [-0.05, 0) is 29.5 Å². The first-order chi connectivity index (χ1) is 11.9. The molecule has 0 saturated carbocycles. The third kappa shape index (κ3) is 4.48. The number of sulfone groups is 1. The Morgan fingerprint density at radius 2 is 1.52 bits per heavy atom. The van der Waals surface area contributed by atoms with Gasteiger partial charge in [-0.25, -0.2) is 8.42 Å². The topological polar surface area (TPSA) is 54.5 Å². The van der Waals surface area contributed by atoms with Crippen LogP contribution in [0.3, 0.4) is 0 Å². The highest BCUT2D eigenvalue weighted by Crippen LogP contribution is 2.21. The molecule has 1 aliphatic heterocycles. The molecule has 25 heavy (non-hydrogen) atoms. The van der Waals surface area contributed by atoms with Crippen LogP contribution < -0.4 is 0 Å². The largest absolute Gasteiger partial charge is 0.342 e. The van der Waals surface area contributed by atoms with E-state index in [4.69, 9.17) is 0 Å². The van der Waals surface area contributed by atoms with Gasteiger partial charge in [0.05, 0.1) is 11.7 Å². The maximum Gasteiger partial charge on any atom is 0.226 e. The van der Waals surface area contributed by atoms with Crippen molar-refractivity contribution < 1.29 is 13.2 Å². The molecule has 0 spiro atoms. The number of likely N-dealkylation sites (tertiary alicyclic amines) is 1. The van der Waals surface area contributed by atoms with Crippen LogP contribution in [0.25, 0.3) is 11.1 Å². The Kier molecular flexibility index (Phi) is 5.23. The molecule has 5 heteroatoms. The Labute approximate surface area is 149 Å². The van der Waals surface area contributed by atoms with E-state index in [1.54, 1.807) is 4.90 Å². The van der Waals surface area contributed by atoms with Crippen molar-refractivity contribution in [3.63, 3.8) is 0 Å². The molecular formula is C20H23NO3S. The van der Waals surface area contributed by atoms with Gasteiger partial charge >= 0.3 is 0 Å². The molecule has 1 fully saturated rings. The number of carbonyl (C=O) groups excluding carboxylic acids is 1. The maximum atomic E-state index is 12.5. The van der Waals surface area contributed by atoms with Crippen molar-refractivity contribution in [2.24, 2.45) is 0 Å². The minimum Gasteiger partial charge on any atom is -0.342 e. The van der Waals surface area contributed by atoms with Crippen molar-refractivity contribution in [1.29, 1.82) is 0 Å². The van der Waals surface area contributed by atoms with Crippen molar-refractivity contribution in [3.8, 4) is 11.1 Å². The van der Waals surface area contributed by atoms with Gasteiger partial charge in [0.15, 0.2) is 0 Å². The highest BCUT2D eigenvalue weighted by molar-refractivity contribution is 7.91. The van der Waals surface area contributed by atoms with Crippen LogP contribution in [0.1, 0.15) is 18.4 Å². The molecule has 3 rings (SSSR count). The van der Waals surface area contributed by atoms with Gasteiger partial charge in [0.2, 0.25) is 5.91 Å². The zero-order valence-corrected chi connectivity index (χ0v) is 15.2. The lowest BCUT2D eigenvalue weighted by molar-refractivity contribution is -0.131. The number of hydrogen-bond acceptors (Lipinski definition) is 3. The van der Waals surface area contributed by atoms with Crippen molar-refractivity contribution in [1.82, 2.24) is 4.90 Å². The second-order valence-corrected chi connectivity index (χ2v) is 8.98. The molecular weight excluding hydrogens is 334 g/mol. The first kappa shape index (κ1) is 17.7. The third-order valence-electron chi connectivity index (χ3n) is 4.82. The molecule has 1 aliphatic rings. The van der Waals surface area contributed by atoms with Crippen LogP contribution in [0.4, 0.5) is 0 Å². The summed E-state index contributed by atoms with van der Waals surface area (Å²) in [6, 6.07) is 18.2. The summed E-state index contributed by atoms with van der Waals surface area (Å²) in [5.41, 5.74) is 3.27. The Morgan fingerprint density at radius 3 is 2.08 bits per heavy atom. The lowest BCUT2D eigenvalue weighted by Gasteiger charge is -2.31. The normalized spacial score (nSPS) is 16.0. The molecule has 0 unspecified atom stereocenters. The van der Waals surface area contributed by atoms with E-state index in [0.29, 0.717) is 32.4 Å². The van der Waals surface area contributed by atoms with Crippen LogP contribution in [0.15, 0.2) is 54.6 Å². The summed E-state index contributed by atoms with van der Waals surface area (Å²) in [5, 5.41) is -0.304. The summed E-state index contributed by atoms with van der Waals surface area (Å²) in [6.45, 7) is 1.05. The molecule has 0 radical (unpaired) electrons. The van der Waals surface area contributed by atoms with Gasteiger partial charge in [-0.3, -0.25) is 4.79 Å². The van der Waals surface area contributed by atoms with Crippen molar-refractivity contribution in [3.05, 3.63) is 60.2 Å². The molecule has 0 atom stereocenters. The zero-order valence-electron chi connectivity index (χ0n) is 14.4. The summed E-state index contributed by atoms with van der Waals surface area (Å²) in [5.74, 6) is 0.0689. The number of benzene rings is 2. The third-order valence-corrected chi connectivity index (χ3v) is 6.50. The van der Waals surface area contributed by atoms with Crippen LogP contribution >= 0.6 is 0 Å². The standard InChI is InChI=1S/C20H23NO3S/c1-25(23,24)19-11-13-21(14-12-19)20(22)15-16-7-9-18(10-8-16)17-5-3-2-4-6-17/h2-10,19H,11-15H2,1H3. The monoisotopic (exact) mass is 357 g/mol. The van der Waals surface area contributed by atoms with Crippen LogP contribution in [0, 0.1) is 0 Å².